The van der Waals surface area contributed by atoms with E-state index in [0.29, 0.717) is 26.4 Å². The van der Waals surface area contributed by atoms with Gasteiger partial charge in [0.05, 0.1) is 32.3 Å². The molecule has 2 aliphatic heterocycles. The molecular weight excluding hydrogens is 232 g/mol. The van der Waals surface area contributed by atoms with E-state index in [1.54, 1.807) is 0 Å². The summed E-state index contributed by atoms with van der Waals surface area (Å²) in [7, 11) is 0. The van der Waals surface area contributed by atoms with Crippen molar-refractivity contribution in [1.82, 2.24) is 0 Å². The molecular formula is C14H16O4. The quantitative estimate of drug-likeness (QED) is 0.700. The van der Waals surface area contributed by atoms with Gasteiger partial charge in [0.1, 0.15) is 0 Å². The van der Waals surface area contributed by atoms with Crippen molar-refractivity contribution in [2.24, 2.45) is 5.92 Å². The van der Waals surface area contributed by atoms with E-state index in [0.717, 1.165) is 11.1 Å². The van der Waals surface area contributed by atoms with Crippen molar-refractivity contribution in [1.29, 1.82) is 0 Å². The van der Waals surface area contributed by atoms with Crippen LogP contribution in [0.2, 0.25) is 0 Å². The molecule has 0 unspecified atom stereocenters. The van der Waals surface area contributed by atoms with Crippen molar-refractivity contribution in [3.05, 3.63) is 35.4 Å². The average molecular weight is 248 g/mol. The number of ether oxygens (including phenoxy) is 4. The molecule has 3 aliphatic rings. The standard InChI is InChI=1S/C14H16O4/c1-10-13(15-6-7-16-13)11-4-2-3-5-12(11)14(10)17-8-9-18-14/h2-5,10H,6-9H2,1H3. The average Bonchev–Trinajstić information content (AvgIpc) is 3.12. The summed E-state index contributed by atoms with van der Waals surface area (Å²) < 4.78 is 23.8. The molecule has 2 fully saturated rings. The van der Waals surface area contributed by atoms with Gasteiger partial charge < -0.3 is 18.9 Å². The van der Waals surface area contributed by atoms with Crippen LogP contribution in [-0.4, -0.2) is 26.4 Å². The zero-order chi connectivity index (χ0) is 12.2. The van der Waals surface area contributed by atoms with Crippen LogP contribution in [0.25, 0.3) is 0 Å². The predicted octanol–water partition coefficient (Wildman–Crippen LogP) is 1.74. The lowest BCUT2D eigenvalue weighted by molar-refractivity contribution is -0.282. The first-order chi connectivity index (χ1) is 8.80. The van der Waals surface area contributed by atoms with E-state index in [4.69, 9.17) is 18.9 Å². The summed E-state index contributed by atoms with van der Waals surface area (Å²) in [5, 5.41) is 0. The van der Waals surface area contributed by atoms with Crippen LogP contribution in [0.5, 0.6) is 0 Å². The van der Waals surface area contributed by atoms with Gasteiger partial charge in [0.25, 0.3) is 0 Å². The third kappa shape index (κ3) is 1.10. The molecule has 0 amide bonds. The molecule has 2 spiro atoms. The monoisotopic (exact) mass is 248 g/mol. The maximum atomic E-state index is 5.94. The van der Waals surface area contributed by atoms with Crippen LogP contribution in [0, 0.1) is 5.92 Å². The van der Waals surface area contributed by atoms with Crippen LogP contribution in [0.3, 0.4) is 0 Å². The third-order valence-electron chi connectivity index (χ3n) is 4.25. The molecule has 4 nitrogen and oxygen atoms in total. The van der Waals surface area contributed by atoms with Crippen LogP contribution >= 0.6 is 0 Å². The smallest absolute Gasteiger partial charge is 0.203 e. The summed E-state index contributed by atoms with van der Waals surface area (Å²) in [6.45, 7) is 4.56. The molecule has 0 bridgehead atoms. The topological polar surface area (TPSA) is 36.9 Å². The Balaban J connectivity index is 1.94. The van der Waals surface area contributed by atoms with Crippen LogP contribution in [0.1, 0.15) is 18.1 Å². The van der Waals surface area contributed by atoms with Gasteiger partial charge in [0.15, 0.2) is 0 Å². The summed E-state index contributed by atoms with van der Waals surface area (Å²) in [6, 6.07) is 8.12. The number of benzene rings is 1. The molecule has 18 heavy (non-hydrogen) atoms. The fourth-order valence-corrected chi connectivity index (χ4v) is 3.48. The molecule has 96 valence electrons. The Kier molecular flexibility index (Phi) is 2.15. The maximum absolute atomic E-state index is 5.94. The summed E-state index contributed by atoms with van der Waals surface area (Å²) in [4.78, 5) is 0. The fourth-order valence-electron chi connectivity index (χ4n) is 3.48. The minimum atomic E-state index is -0.694. The summed E-state index contributed by atoms with van der Waals surface area (Å²) in [6.07, 6.45) is 0. The Bertz CT molecular complexity index is 429. The van der Waals surface area contributed by atoms with Gasteiger partial charge in [-0.15, -0.1) is 0 Å². The number of hydrogen-bond acceptors (Lipinski definition) is 4. The summed E-state index contributed by atoms with van der Waals surface area (Å²) >= 11 is 0. The zero-order valence-electron chi connectivity index (χ0n) is 10.3. The molecule has 2 heterocycles. The maximum Gasteiger partial charge on any atom is 0.203 e. The Hall–Kier alpha value is -0.940. The summed E-state index contributed by atoms with van der Waals surface area (Å²) in [5.41, 5.74) is 2.11. The van der Waals surface area contributed by atoms with Crippen molar-refractivity contribution < 1.29 is 18.9 Å². The van der Waals surface area contributed by atoms with Gasteiger partial charge in [0, 0.05) is 11.1 Å². The second kappa shape index (κ2) is 3.54. The van der Waals surface area contributed by atoms with Crippen LogP contribution in [0.4, 0.5) is 0 Å². The molecule has 1 aromatic carbocycles. The van der Waals surface area contributed by atoms with E-state index in [1.165, 1.54) is 0 Å². The second-order valence-corrected chi connectivity index (χ2v) is 5.00. The van der Waals surface area contributed by atoms with E-state index < -0.39 is 11.6 Å². The van der Waals surface area contributed by atoms with Crippen molar-refractivity contribution in [3.8, 4) is 0 Å². The van der Waals surface area contributed by atoms with E-state index in [2.05, 4.69) is 19.1 Å². The Morgan fingerprint density at radius 1 is 0.833 bits per heavy atom. The number of rotatable bonds is 0. The number of hydrogen-bond donors (Lipinski definition) is 0. The minimum Gasteiger partial charge on any atom is -0.343 e. The van der Waals surface area contributed by atoms with E-state index >= 15 is 0 Å². The first kappa shape index (κ1) is 10.9. The molecule has 0 saturated carbocycles. The fraction of sp³-hybridized carbons (Fsp3) is 0.571. The third-order valence-corrected chi connectivity index (χ3v) is 4.25. The second-order valence-electron chi connectivity index (χ2n) is 5.00. The van der Waals surface area contributed by atoms with E-state index in [1.807, 2.05) is 12.1 Å². The molecule has 1 aromatic rings. The van der Waals surface area contributed by atoms with Crippen molar-refractivity contribution in [2.75, 3.05) is 26.4 Å². The molecule has 0 N–H and O–H groups in total. The lowest BCUT2D eigenvalue weighted by atomic mass is 9.97. The minimum absolute atomic E-state index is 0.00704. The lowest BCUT2D eigenvalue weighted by Gasteiger charge is -2.34. The predicted molar refractivity (Wildman–Crippen MR) is 62.8 cm³/mol. The Labute approximate surface area is 106 Å². The van der Waals surface area contributed by atoms with Crippen molar-refractivity contribution in [3.63, 3.8) is 0 Å². The largest absolute Gasteiger partial charge is 0.343 e. The first-order valence-electron chi connectivity index (χ1n) is 6.45. The van der Waals surface area contributed by atoms with Crippen molar-refractivity contribution in [2.45, 2.75) is 18.5 Å². The molecule has 2 saturated heterocycles. The van der Waals surface area contributed by atoms with Gasteiger partial charge in [-0.05, 0) is 0 Å². The van der Waals surface area contributed by atoms with Gasteiger partial charge in [-0.3, -0.25) is 0 Å². The van der Waals surface area contributed by atoms with Gasteiger partial charge in [-0.25, -0.2) is 0 Å². The first-order valence-corrected chi connectivity index (χ1v) is 6.45. The summed E-state index contributed by atoms with van der Waals surface area (Å²) in [5.74, 6) is -1.39. The Morgan fingerprint density at radius 3 is 1.61 bits per heavy atom. The van der Waals surface area contributed by atoms with Gasteiger partial charge in [-0.2, -0.15) is 0 Å². The van der Waals surface area contributed by atoms with Gasteiger partial charge in [-0.1, -0.05) is 31.2 Å². The number of fused-ring (bicyclic) bond motifs is 3. The normalized spacial score (nSPS) is 28.3. The lowest BCUT2D eigenvalue weighted by Crippen LogP contribution is -2.40. The molecule has 1 aliphatic carbocycles. The highest BCUT2D eigenvalue weighted by atomic mass is 16.8. The van der Waals surface area contributed by atoms with E-state index in [-0.39, 0.29) is 5.92 Å². The molecule has 0 atom stereocenters. The van der Waals surface area contributed by atoms with Crippen molar-refractivity contribution >= 4 is 0 Å². The molecule has 4 rings (SSSR count). The van der Waals surface area contributed by atoms with E-state index in [9.17, 15) is 0 Å². The zero-order valence-corrected chi connectivity index (χ0v) is 10.3. The highest BCUT2D eigenvalue weighted by molar-refractivity contribution is 5.42. The van der Waals surface area contributed by atoms with Crippen LogP contribution < -0.4 is 0 Å². The highest BCUT2D eigenvalue weighted by Crippen LogP contribution is 2.58. The highest BCUT2D eigenvalue weighted by Gasteiger charge is 2.64. The van der Waals surface area contributed by atoms with Crippen LogP contribution in [-0.2, 0) is 30.5 Å². The molecule has 4 heteroatoms. The Morgan fingerprint density at radius 2 is 1.22 bits per heavy atom. The van der Waals surface area contributed by atoms with Gasteiger partial charge in [0.2, 0.25) is 11.6 Å². The van der Waals surface area contributed by atoms with Gasteiger partial charge >= 0.3 is 0 Å². The van der Waals surface area contributed by atoms with Crippen LogP contribution in [0.15, 0.2) is 24.3 Å². The molecule has 0 aromatic heterocycles. The molecule has 0 radical (unpaired) electrons. The SMILES string of the molecule is CC1C2(OCCO2)c2ccccc2C12OCCO2.